The highest BCUT2D eigenvalue weighted by molar-refractivity contribution is 5.92. The van der Waals surface area contributed by atoms with Crippen LogP contribution < -0.4 is 0 Å². The first-order chi connectivity index (χ1) is 14.1. The van der Waals surface area contributed by atoms with Gasteiger partial charge in [-0.25, -0.2) is 0 Å². The molecule has 0 spiro atoms. The quantitative estimate of drug-likeness (QED) is 0.625. The number of carbonyl (C=O) groups excluding carboxylic acids is 1. The second kappa shape index (κ2) is 8.12. The van der Waals surface area contributed by atoms with E-state index >= 15 is 0 Å². The van der Waals surface area contributed by atoms with Crippen LogP contribution in [0.5, 0.6) is 0 Å². The molecule has 4 rings (SSSR count). The average molecular weight is 397 g/mol. The molecule has 0 aromatic carbocycles. The van der Waals surface area contributed by atoms with Crippen LogP contribution in [-0.4, -0.2) is 57.9 Å². The Morgan fingerprint density at radius 2 is 1.97 bits per heavy atom. The van der Waals surface area contributed by atoms with Crippen molar-refractivity contribution in [2.75, 3.05) is 26.8 Å². The van der Waals surface area contributed by atoms with E-state index in [2.05, 4.69) is 20.3 Å². The smallest absolute Gasteiger partial charge is 0.276 e. The molecule has 1 saturated heterocycles. The maximum atomic E-state index is 12.7. The summed E-state index contributed by atoms with van der Waals surface area (Å²) in [4.78, 5) is 23.2. The van der Waals surface area contributed by atoms with Gasteiger partial charge in [0.1, 0.15) is 5.76 Å². The van der Waals surface area contributed by atoms with Crippen molar-refractivity contribution in [1.29, 1.82) is 0 Å². The first kappa shape index (κ1) is 19.3. The van der Waals surface area contributed by atoms with E-state index in [9.17, 15) is 4.79 Å². The zero-order valence-corrected chi connectivity index (χ0v) is 16.5. The van der Waals surface area contributed by atoms with Gasteiger partial charge in [0.15, 0.2) is 11.5 Å². The van der Waals surface area contributed by atoms with E-state index in [0.717, 1.165) is 12.0 Å². The van der Waals surface area contributed by atoms with Crippen molar-refractivity contribution in [2.24, 2.45) is 0 Å². The minimum atomic E-state index is -0.304. The zero-order chi connectivity index (χ0) is 20.3. The van der Waals surface area contributed by atoms with Gasteiger partial charge in [-0.1, -0.05) is 10.3 Å². The summed E-state index contributed by atoms with van der Waals surface area (Å²) in [5.41, 5.74) is 0.863. The lowest BCUT2D eigenvalue weighted by Crippen LogP contribution is -2.46. The molecule has 0 atom stereocenters. The molecule has 9 heteroatoms. The topological polar surface area (TPSA) is 107 Å². The minimum Gasteiger partial charge on any atom is -0.385 e. The normalized spacial score (nSPS) is 16.1. The third kappa shape index (κ3) is 3.91. The number of likely N-dealkylation sites (tertiary alicyclic amines) is 1. The maximum Gasteiger partial charge on any atom is 0.276 e. The van der Waals surface area contributed by atoms with E-state index in [4.69, 9.17) is 13.8 Å². The second-order valence-corrected chi connectivity index (χ2v) is 7.30. The van der Waals surface area contributed by atoms with Crippen LogP contribution >= 0.6 is 0 Å². The second-order valence-electron chi connectivity index (χ2n) is 7.30. The van der Waals surface area contributed by atoms with Crippen LogP contribution in [0.15, 0.2) is 39.6 Å². The fourth-order valence-electron chi connectivity index (χ4n) is 3.70. The molecule has 0 bridgehead atoms. The molecule has 1 amide bonds. The van der Waals surface area contributed by atoms with Crippen LogP contribution in [0.3, 0.4) is 0 Å². The summed E-state index contributed by atoms with van der Waals surface area (Å²) in [6, 6.07) is 5.33. The van der Waals surface area contributed by atoms with Gasteiger partial charge in [-0.15, -0.1) is 0 Å². The van der Waals surface area contributed by atoms with Crippen LogP contribution in [0.4, 0.5) is 0 Å². The van der Waals surface area contributed by atoms with Crippen LogP contribution in [0.1, 0.15) is 41.3 Å². The number of aryl methyl sites for hydroxylation is 1. The molecule has 0 N–H and O–H groups in total. The summed E-state index contributed by atoms with van der Waals surface area (Å²) < 4.78 is 15.9. The lowest BCUT2D eigenvalue weighted by Gasteiger charge is -2.39. The van der Waals surface area contributed by atoms with Crippen molar-refractivity contribution in [3.63, 3.8) is 0 Å². The highest BCUT2D eigenvalue weighted by atomic mass is 16.5. The molecule has 4 heterocycles. The van der Waals surface area contributed by atoms with E-state index in [1.807, 2.05) is 12.1 Å². The van der Waals surface area contributed by atoms with Crippen molar-refractivity contribution >= 4 is 5.91 Å². The third-order valence-corrected chi connectivity index (χ3v) is 5.47. The SMILES string of the molecule is COCCC1(c2noc(-c3ccncc3)n2)CCN(C(=O)c2cc(C)on2)CC1. The van der Waals surface area contributed by atoms with Gasteiger partial charge in [0.2, 0.25) is 0 Å². The summed E-state index contributed by atoms with van der Waals surface area (Å²) in [7, 11) is 1.68. The number of piperidine rings is 1. The Morgan fingerprint density at radius 1 is 1.21 bits per heavy atom. The molecule has 0 saturated carbocycles. The van der Waals surface area contributed by atoms with Crippen molar-refractivity contribution in [3.8, 4) is 11.5 Å². The molecule has 1 aliphatic heterocycles. The molecule has 1 fully saturated rings. The van der Waals surface area contributed by atoms with E-state index in [0.29, 0.717) is 55.7 Å². The van der Waals surface area contributed by atoms with Crippen LogP contribution in [0.2, 0.25) is 0 Å². The number of amides is 1. The van der Waals surface area contributed by atoms with Gasteiger partial charge >= 0.3 is 0 Å². The first-order valence-electron chi connectivity index (χ1n) is 9.57. The van der Waals surface area contributed by atoms with Gasteiger partial charge in [0.25, 0.3) is 11.8 Å². The molecule has 9 nitrogen and oxygen atoms in total. The molecule has 29 heavy (non-hydrogen) atoms. The average Bonchev–Trinajstić information content (AvgIpc) is 3.43. The van der Waals surface area contributed by atoms with Gasteiger partial charge in [-0.05, 0) is 38.3 Å². The van der Waals surface area contributed by atoms with Gasteiger partial charge < -0.3 is 18.7 Å². The fraction of sp³-hybridized carbons (Fsp3) is 0.450. The van der Waals surface area contributed by atoms with Crippen LogP contribution in [0.25, 0.3) is 11.5 Å². The number of methoxy groups -OCH3 is 1. The van der Waals surface area contributed by atoms with E-state index in [1.165, 1.54) is 0 Å². The predicted molar refractivity (Wildman–Crippen MR) is 102 cm³/mol. The predicted octanol–water partition coefficient (Wildman–Crippen LogP) is 2.64. The zero-order valence-electron chi connectivity index (χ0n) is 16.5. The number of rotatable bonds is 6. The number of pyridine rings is 1. The van der Waals surface area contributed by atoms with E-state index in [1.54, 1.807) is 37.4 Å². The Kier molecular flexibility index (Phi) is 5.39. The molecular weight excluding hydrogens is 374 g/mol. The van der Waals surface area contributed by atoms with Gasteiger partial charge in [0, 0.05) is 56.2 Å². The molecule has 152 valence electrons. The largest absolute Gasteiger partial charge is 0.385 e. The number of aromatic nitrogens is 4. The monoisotopic (exact) mass is 397 g/mol. The Balaban J connectivity index is 1.53. The summed E-state index contributed by atoms with van der Waals surface area (Å²) in [5.74, 6) is 1.63. The number of hydrogen-bond acceptors (Lipinski definition) is 8. The number of nitrogens with zero attached hydrogens (tertiary/aromatic N) is 5. The molecule has 3 aromatic rings. The van der Waals surface area contributed by atoms with Crippen molar-refractivity contribution in [2.45, 2.75) is 31.6 Å². The molecule has 1 aliphatic rings. The lowest BCUT2D eigenvalue weighted by atomic mass is 9.75. The number of hydrogen-bond donors (Lipinski definition) is 0. The highest BCUT2D eigenvalue weighted by Crippen LogP contribution is 2.38. The molecule has 0 aliphatic carbocycles. The van der Waals surface area contributed by atoms with Crippen molar-refractivity contribution in [1.82, 2.24) is 25.2 Å². The Labute approximate surface area is 168 Å². The third-order valence-electron chi connectivity index (χ3n) is 5.47. The minimum absolute atomic E-state index is 0.118. The first-order valence-corrected chi connectivity index (χ1v) is 9.57. The number of ether oxygens (including phenoxy) is 1. The standard InChI is InChI=1S/C20H23N5O4/c1-14-13-16(23-28-14)18(26)25-10-5-20(6-11-25,7-12-27-2)19-22-17(29-24-19)15-3-8-21-9-4-15/h3-4,8-9,13H,5-7,10-12H2,1-2H3. The summed E-state index contributed by atoms with van der Waals surface area (Å²) in [6.45, 7) is 3.50. The molecular formula is C20H23N5O4. The lowest BCUT2D eigenvalue weighted by molar-refractivity contribution is 0.0606. The van der Waals surface area contributed by atoms with E-state index in [-0.39, 0.29) is 11.3 Å². The van der Waals surface area contributed by atoms with Crippen LogP contribution in [0, 0.1) is 6.92 Å². The summed E-state index contributed by atoms with van der Waals surface area (Å²) in [5, 5.41) is 8.12. The molecule has 3 aromatic heterocycles. The molecule has 0 unspecified atom stereocenters. The van der Waals surface area contributed by atoms with Gasteiger partial charge in [0.05, 0.1) is 0 Å². The fourth-order valence-corrected chi connectivity index (χ4v) is 3.70. The van der Waals surface area contributed by atoms with Crippen molar-refractivity contribution < 1.29 is 18.6 Å². The molecule has 0 radical (unpaired) electrons. The van der Waals surface area contributed by atoms with Crippen molar-refractivity contribution in [3.05, 3.63) is 47.9 Å². The van der Waals surface area contributed by atoms with Gasteiger partial charge in [-0.3, -0.25) is 9.78 Å². The Hall–Kier alpha value is -3.07. The maximum absolute atomic E-state index is 12.7. The number of carbonyl (C=O) groups is 1. The Bertz CT molecular complexity index is 960. The van der Waals surface area contributed by atoms with E-state index < -0.39 is 0 Å². The summed E-state index contributed by atoms with van der Waals surface area (Å²) in [6.07, 6.45) is 5.57. The van der Waals surface area contributed by atoms with Gasteiger partial charge in [-0.2, -0.15) is 4.98 Å². The highest BCUT2D eigenvalue weighted by Gasteiger charge is 2.41. The Morgan fingerprint density at radius 3 is 2.62 bits per heavy atom. The van der Waals surface area contributed by atoms with Crippen LogP contribution in [-0.2, 0) is 10.2 Å². The summed E-state index contributed by atoms with van der Waals surface area (Å²) >= 11 is 0.